The first-order valence-electron chi connectivity index (χ1n) is 10.3. The lowest BCUT2D eigenvalue weighted by molar-refractivity contribution is 0.0773. The van der Waals surface area contributed by atoms with Crippen LogP contribution in [-0.4, -0.2) is 73.8 Å². The molecule has 0 saturated carbocycles. The fraction of sp³-hybridized carbons (Fsp3) is 0.950. The second-order valence-corrected chi connectivity index (χ2v) is 9.15. The minimum Gasteiger partial charge on any atom is -0.381 e. The molecule has 5 nitrogen and oxygen atoms in total. The lowest BCUT2D eigenvalue weighted by Gasteiger charge is -2.42. The number of guanidine groups is 1. The number of ether oxygens (including phenoxy) is 1. The van der Waals surface area contributed by atoms with Crippen molar-refractivity contribution in [3.63, 3.8) is 0 Å². The molecule has 0 aliphatic carbocycles. The van der Waals surface area contributed by atoms with E-state index in [0.29, 0.717) is 5.41 Å². The Bertz CT molecular complexity index is 476. The van der Waals surface area contributed by atoms with E-state index in [1.165, 1.54) is 38.8 Å². The van der Waals surface area contributed by atoms with Crippen molar-refractivity contribution in [3.05, 3.63) is 0 Å². The maximum atomic E-state index is 5.68. The summed E-state index contributed by atoms with van der Waals surface area (Å²) in [4.78, 5) is 10.2. The summed E-state index contributed by atoms with van der Waals surface area (Å²) in [6.07, 6.45) is 5.14. The standard InChI is InChI=1S/C20H38N4O.HI/c1-5-21-18(23-11-8-20(15-23)9-12-25-16-20)22-14-19(3,4)24-10-6-7-17(2)13-24;/h17H,5-16H2,1-4H3,(H,21,22);1H. The van der Waals surface area contributed by atoms with Crippen molar-refractivity contribution in [2.24, 2.45) is 16.3 Å². The molecule has 3 aliphatic heterocycles. The normalized spacial score (nSPS) is 30.7. The Morgan fingerprint density at radius 3 is 2.77 bits per heavy atom. The van der Waals surface area contributed by atoms with Gasteiger partial charge in [0.15, 0.2) is 5.96 Å². The van der Waals surface area contributed by atoms with E-state index >= 15 is 0 Å². The van der Waals surface area contributed by atoms with Gasteiger partial charge in [-0.3, -0.25) is 9.89 Å². The van der Waals surface area contributed by atoms with Gasteiger partial charge in [0.2, 0.25) is 0 Å². The molecule has 3 fully saturated rings. The Hall–Kier alpha value is -0.0800. The van der Waals surface area contributed by atoms with Crippen LogP contribution in [0.5, 0.6) is 0 Å². The van der Waals surface area contributed by atoms with Gasteiger partial charge in [-0.2, -0.15) is 0 Å². The van der Waals surface area contributed by atoms with Crippen LogP contribution in [-0.2, 0) is 4.74 Å². The predicted octanol–water partition coefficient (Wildman–Crippen LogP) is 3.19. The number of nitrogens with one attached hydrogen (secondary N) is 1. The molecule has 1 spiro atoms. The van der Waals surface area contributed by atoms with Crippen LogP contribution in [0.15, 0.2) is 4.99 Å². The lowest BCUT2D eigenvalue weighted by atomic mass is 9.87. The van der Waals surface area contributed by atoms with E-state index in [9.17, 15) is 0 Å². The van der Waals surface area contributed by atoms with Crippen LogP contribution < -0.4 is 5.32 Å². The summed E-state index contributed by atoms with van der Waals surface area (Å²) in [7, 11) is 0. The molecular weight excluding hydrogens is 439 g/mol. The van der Waals surface area contributed by atoms with Gasteiger partial charge in [0.05, 0.1) is 13.2 Å². The van der Waals surface area contributed by atoms with Gasteiger partial charge in [-0.25, -0.2) is 0 Å². The van der Waals surface area contributed by atoms with E-state index in [0.717, 1.165) is 51.3 Å². The second-order valence-electron chi connectivity index (χ2n) is 9.15. The highest BCUT2D eigenvalue weighted by Gasteiger charge is 2.42. The highest BCUT2D eigenvalue weighted by molar-refractivity contribution is 14.0. The van der Waals surface area contributed by atoms with Crippen molar-refractivity contribution in [1.29, 1.82) is 0 Å². The van der Waals surface area contributed by atoms with Gasteiger partial charge < -0.3 is 15.0 Å². The molecule has 1 N–H and O–H groups in total. The van der Waals surface area contributed by atoms with Crippen molar-refractivity contribution in [2.45, 2.75) is 58.9 Å². The molecule has 0 radical (unpaired) electrons. The molecule has 3 aliphatic rings. The monoisotopic (exact) mass is 478 g/mol. The molecule has 0 bridgehead atoms. The van der Waals surface area contributed by atoms with Gasteiger partial charge in [0, 0.05) is 43.7 Å². The SMILES string of the molecule is CCNC(=NCC(C)(C)N1CCCC(C)C1)N1CCC2(CCOC2)C1.I. The number of aliphatic imine (C=N–C) groups is 1. The molecule has 0 amide bonds. The molecule has 3 heterocycles. The van der Waals surface area contributed by atoms with Crippen LogP contribution in [0.1, 0.15) is 53.4 Å². The lowest BCUT2D eigenvalue weighted by Crippen LogP contribution is -2.51. The minimum atomic E-state index is 0. The van der Waals surface area contributed by atoms with Gasteiger partial charge in [-0.1, -0.05) is 6.92 Å². The van der Waals surface area contributed by atoms with Crippen LogP contribution in [0.25, 0.3) is 0 Å². The molecule has 0 aromatic rings. The first-order valence-corrected chi connectivity index (χ1v) is 10.3. The first-order chi connectivity index (χ1) is 11.9. The molecule has 3 saturated heterocycles. The molecule has 3 rings (SSSR count). The average molecular weight is 478 g/mol. The summed E-state index contributed by atoms with van der Waals surface area (Å²) in [5.74, 6) is 1.91. The summed E-state index contributed by atoms with van der Waals surface area (Å²) < 4.78 is 5.68. The topological polar surface area (TPSA) is 40.1 Å². The van der Waals surface area contributed by atoms with Crippen molar-refractivity contribution < 1.29 is 4.74 Å². The number of nitrogens with zero attached hydrogens (tertiary/aromatic N) is 3. The van der Waals surface area contributed by atoms with E-state index in [2.05, 4.69) is 42.8 Å². The van der Waals surface area contributed by atoms with Gasteiger partial charge in [0.1, 0.15) is 0 Å². The molecule has 152 valence electrons. The number of rotatable bonds is 4. The maximum absolute atomic E-state index is 5.68. The molecule has 26 heavy (non-hydrogen) atoms. The summed E-state index contributed by atoms with van der Waals surface area (Å²) in [6, 6.07) is 0. The summed E-state index contributed by atoms with van der Waals surface area (Å²) in [5, 5.41) is 3.53. The fourth-order valence-electron chi connectivity index (χ4n) is 4.62. The third-order valence-electron chi connectivity index (χ3n) is 6.39. The Kier molecular flexibility index (Phi) is 8.04. The Morgan fingerprint density at radius 1 is 1.31 bits per heavy atom. The average Bonchev–Trinajstić information content (AvgIpc) is 3.22. The second kappa shape index (κ2) is 9.41. The van der Waals surface area contributed by atoms with Crippen LogP contribution in [0, 0.1) is 11.3 Å². The van der Waals surface area contributed by atoms with Gasteiger partial charge in [0.25, 0.3) is 0 Å². The largest absolute Gasteiger partial charge is 0.381 e. The smallest absolute Gasteiger partial charge is 0.194 e. The van der Waals surface area contributed by atoms with E-state index in [4.69, 9.17) is 9.73 Å². The molecule has 2 atom stereocenters. The van der Waals surface area contributed by atoms with E-state index < -0.39 is 0 Å². The van der Waals surface area contributed by atoms with Crippen LogP contribution in [0.2, 0.25) is 0 Å². The number of piperidine rings is 1. The minimum absolute atomic E-state index is 0. The number of hydrogen-bond donors (Lipinski definition) is 1. The van der Waals surface area contributed by atoms with Crippen LogP contribution in [0.3, 0.4) is 0 Å². The Morgan fingerprint density at radius 2 is 2.12 bits per heavy atom. The van der Waals surface area contributed by atoms with E-state index in [-0.39, 0.29) is 29.5 Å². The summed E-state index contributed by atoms with van der Waals surface area (Å²) in [5.41, 5.74) is 0.511. The third-order valence-corrected chi connectivity index (χ3v) is 6.39. The highest BCUT2D eigenvalue weighted by atomic mass is 127. The fourth-order valence-corrected chi connectivity index (χ4v) is 4.62. The zero-order valence-corrected chi connectivity index (χ0v) is 19.6. The van der Waals surface area contributed by atoms with Crippen LogP contribution in [0.4, 0.5) is 0 Å². The van der Waals surface area contributed by atoms with Gasteiger partial charge >= 0.3 is 0 Å². The van der Waals surface area contributed by atoms with Gasteiger partial charge in [-0.15, -0.1) is 24.0 Å². The van der Waals surface area contributed by atoms with Crippen molar-refractivity contribution in [1.82, 2.24) is 15.1 Å². The zero-order chi connectivity index (χ0) is 17.9. The highest BCUT2D eigenvalue weighted by Crippen LogP contribution is 2.38. The zero-order valence-electron chi connectivity index (χ0n) is 17.2. The summed E-state index contributed by atoms with van der Waals surface area (Å²) >= 11 is 0. The van der Waals surface area contributed by atoms with Crippen LogP contribution >= 0.6 is 24.0 Å². The third kappa shape index (κ3) is 5.25. The number of hydrogen-bond acceptors (Lipinski definition) is 3. The van der Waals surface area contributed by atoms with E-state index in [1.807, 2.05) is 0 Å². The molecule has 0 aromatic carbocycles. The van der Waals surface area contributed by atoms with Crippen molar-refractivity contribution in [3.8, 4) is 0 Å². The van der Waals surface area contributed by atoms with Crippen molar-refractivity contribution in [2.75, 3.05) is 52.5 Å². The molecule has 6 heteroatoms. The number of halogens is 1. The number of likely N-dealkylation sites (tertiary alicyclic amines) is 2. The van der Waals surface area contributed by atoms with E-state index in [1.54, 1.807) is 0 Å². The maximum Gasteiger partial charge on any atom is 0.194 e. The predicted molar refractivity (Wildman–Crippen MR) is 120 cm³/mol. The summed E-state index contributed by atoms with van der Waals surface area (Å²) in [6.45, 7) is 17.5. The molecular formula is C20H39IN4O. The Balaban J connectivity index is 0.00000243. The molecule has 0 aromatic heterocycles. The van der Waals surface area contributed by atoms with Gasteiger partial charge in [-0.05, 0) is 58.9 Å². The van der Waals surface area contributed by atoms with Crippen molar-refractivity contribution >= 4 is 29.9 Å². The first kappa shape index (κ1) is 22.2. The molecule has 2 unspecified atom stereocenters. The Labute approximate surface area is 177 Å². The quantitative estimate of drug-likeness (QED) is 0.383.